The maximum Gasteiger partial charge on any atom is 0.256 e. The SMILES string of the molecule is Cc1cc(OCc2ccc(C(=O)Nc3ccn(Cc4ccccc4F)n3)cc2)cc(C)c1Cl. The third-order valence-electron chi connectivity index (χ3n) is 5.20. The summed E-state index contributed by atoms with van der Waals surface area (Å²) in [5.74, 6) is 0.589. The van der Waals surface area contributed by atoms with E-state index in [1.807, 2.05) is 38.1 Å². The molecule has 0 fully saturated rings. The summed E-state index contributed by atoms with van der Waals surface area (Å²) in [4.78, 5) is 12.6. The first-order chi connectivity index (χ1) is 15.9. The van der Waals surface area contributed by atoms with E-state index in [1.165, 1.54) is 6.07 Å². The average Bonchev–Trinajstić information content (AvgIpc) is 3.24. The number of nitrogens with one attached hydrogen (secondary N) is 1. The Balaban J connectivity index is 1.34. The molecular formula is C26H23ClFN3O2. The van der Waals surface area contributed by atoms with Crippen LogP contribution in [-0.2, 0) is 13.2 Å². The standard InChI is InChI=1S/C26H23ClFN3O2/c1-17-13-22(14-18(2)25(17)27)33-16-19-7-9-20(10-8-19)26(32)29-24-11-12-31(30-24)15-21-5-3-4-6-23(21)28/h3-14H,15-16H2,1-2H3,(H,29,30,32). The number of hydrogen-bond donors (Lipinski definition) is 1. The Hall–Kier alpha value is -3.64. The maximum absolute atomic E-state index is 13.8. The minimum Gasteiger partial charge on any atom is -0.489 e. The van der Waals surface area contributed by atoms with Crippen molar-refractivity contribution in [2.75, 3.05) is 5.32 Å². The molecule has 0 unspecified atom stereocenters. The van der Waals surface area contributed by atoms with Gasteiger partial charge in [0.2, 0.25) is 0 Å². The third-order valence-corrected chi connectivity index (χ3v) is 5.80. The minimum absolute atomic E-state index is 0.275. The van der Waals surface area contributed by atoms with Gasteiger partial charge in [0.05, 0.1) is 6.54 Å². The van der Waals surface area contributed by atoms with E-state index in [9.17, 15) is 9.18 Å². The number of rotatable bonds is 7. The highest BCUT2D eigenvalue weighted by Gasteiger charge is 2.10. The van der Waals surface area contributed by atoms with Gasteiger partial charge in [0, 0.05) is 28.4 Å². The Morgan fingerprint density at radius 3 is 2.45 bits per heavy atom. The van der Waals surface area contributed by atoms with Gasteiger partial charge in [-0.05, 0) is 60.9 Å². The summed E-state index contributed by atoms with van der Waals surface area (Å²) in [7, 11) is 0. The summed E-state index contributed by atoms with van der Waals surface area (Å²) in [6.07, 6.45) is 1.70. The summed E-state index contributed by atoms with van der Waals surface area (Å²) in [6, 6.07) is 19.2. The molecule has 168 valence electrons. The predicted octanol–water partition coefficient (Wildman–Crippen LogP) is 6.17. The lowest BCUT2D eigenvalue weighted by atomic mass is 10.1. The van der Waals surface area contributed by atoms with E-state index in [0.29, 0.717) is 23.6 Å². The van der Waals surface area contributed by atoms with Crippen LogP contribution in [0.1, 0.15) is 32.6 Å². The topological polar surface area (TPSA) is 56.1 Å². The first-order valence-corrected chi connectivity index (χ1v) is 10.8. The molecule has 0 radical (unpaired) electrons. The molecule has 1 aromatic heterocycles. The first kappa shape index (κ1) is 22.6. The second-order valence-corrected chi connectivity index (χ2v) is 8.18. The van der Waals surface area contributed by atoms with Crippen molar-refractivity contribution in [2.45, 2.75) is 27.0 Å². The van der Waals surface area contributed by atoms with Crippen LogP contribution < -0.4 is 10.1 Å². The first-order valence-electron chi connectivity index (χ1n) is 10.5. The van der Waals surface area contributed by atoms with Gasteiger partial charge < -0.3 is 10.1 Å². The smallest absolute Gasteiger partial charge is 0.256 e. The summed E-state index contributed by atoms with van der Waals surface area (Å²) in [5.41, 5.74) is 3.90. The van der Waals surface area contributed by atoms with Crippen molar-refractivity contribution in [1.82, 2.24) is 9.78 Å². The largest absolute Gasteiger partial charge is 0.489 e. The van der Waals surface area contributed by atoms with Crippen molar-refractivity contribution in [3.05, 3.63) is 112 Å². The van der Waals surface area contributed by atoms with Gasteiger partial charge in [-0.2, -0.15) is 5.10 Å². The molecule has 0 saturated carbocycles. The molecule has 0 bridgehead atoms. The number of carbonyl (C=O) groups excluding carboxylic acids is 1. The van der Waals surface area contributed by atoms with Crippen LogP contribution in [0.4, 0.5) is 10.2 Å². The van der Waals surface area contributed by atoms with Crippen molar-refractivity contribution in [2.24, 2.45) is 0 Å². The van der Waals surface area contributed by atoms with Crippen molar-refractivity contribution in [1.29, 1.82) is 0 Å². The summed E-state index contributed by atoms with van der Waals surface area (Å²) in [5, 5.41) is 7.81. The monoisotopic (exact) mass is 463 g/mol. The van der Waals surface area contributed by atoms with E-state index < -0.39 is 0 Å². The number of hydrogen-bond acceptors (Lipinski definition) is 3. The summed E-state index contributed by atoms with van der Waals surface area (Å²) >= 11 is 6.20. The second kappa shape index (κ2) is 9.88. The molecule has 4 rings (SSSR count). The molecular weight excluding hydrogens is 441 g/mol. The molecule has 7 heteroatoms. The number of aromatic nitrogens is 2. The normalized spacial score (nSPS) is 10.8. The molecule has 1 N–H and O–H groups in total. The van der Waals surface area contributed by atoms with Gasteiger partial charge in [-0.15, -0.1) is 0 Å². The third kappa shape index (κ3) is 5.59. The van der Waals surface area contributed by atoms with Gasteiger partial charge in [0.15, 0.2) is 5.82 Å². The fourth-order valence-corrected chi connectivity index (χ4v) is 3.52. The quantitative estimate of drug-likeness (QED) is 0.356. The number of halogens is 2. The summed E-state index contributed by atoms with van der Waals surface area (Å²) < 4.78 is 21.3. The molecule has 1 heterocycles. The molecule has 0 spiro atoms. The van der Waals surface area contributed by atoms with Gasteiger partial charge in [-0.1, -0.05) is 41.9 Å². The highest BCUT2D eigenvalue weighted by atomic mass is 35.5. The number of anilines is 1. The molecule has 0 aliphatic heterocycles. The van der Waals surface area contributed by atoms with Crippen LogP contribution in [0.2, 0.25) is 5.02 Å². The second-order valence-electron chi connectivity index (χ2n) is 7.80. The van der Waals surface area contributed by atoms with Crippen LogP contribution >= 0.6 is 11.6 Å². The molecule has 0 saturated heterocycles. The fraction of sp³-hybridized carbons (Fsp3) is 0.154. The van der Waals surface area contributed by atoms with Gasteiger partial charge in [-0.25, -0.2) is 4.39 Å². The zero-order valence-electron chi connectivity index (χ0n) is 18.3. The molecule has 33 heavy (non-hydrogen) atoms. The molecule has 3 aromatic carbocycles. The number of carbonyl (C=O) groups is 1. The van der Waals surface area contributed by atoms with Gasteiger partial charge in [0.1, 0.15) is 18.2 Å². The zero-order chi connectivity index (χ0) is 23.4. The van der Waals surface area contributed by atoms with E-state index in [4.69, 9.17) is 16.3 Å². The van der Waals surface area contributed by atoms with Crippen LogP contribution in [0.15, 0.2) is 72.9 Å². The highest BCUT2D eigenvalue weighted by Crippen LogP contribution is 2.26. The maximum atomic E-state index is 13.8. The van der Waals surface area contributed by atoms with E-state index in [1.54, 1.807) is 47.3 Å². The predicted molar refractivity (Wildman–Crippen MR) is 127 cm³/mol. The van der Waals surface area contributed by atoms with Gasteiger partial charge in [0.25, 0.3) is 5.91 Å². The Labute approximate surface area is 196 Å². The molecule has 0 aliphatic rings. The van der Waals surface area contributed by atoms with Crippen LogP contribution in [0.3, 0.4) is 0 Å². The molecule has 0 atom stereocenters. The average molecular weight is 464 g/mol. The molecule has 5 nitrogen and oxygen atoms in total. The Morgan fingerprint density at radius 1 is 1.06 bits per heavy atom. The van der Waals surface area contributed by atoms with Crippen molar-refractivity contribution < 1.29 is 13.9 Å². The highest BCUT2D eigenvalue weighted by molar-refractivity contribution is 6.32. The fourth-order valence-electron chi connectivity index (χ4n) is 3.41. The lowest BCUT2D eigenvalue weighted by Crippen LogP contribution is -2.13. The van der Waals surface area contributed by atoms with Crippen molar-refractivity contribution >= 4 is 23.3 Å². The number of ether oxygens (including phenoxy) is 1. The summed E-state index contributed by atoms with van der Waals surface area (Å²) in [6.45, 7) is 4.55. The number of benzene rings is 3. The van der Waals surface area contributed by atoms with E-state index in [0.717, 1.165) is 27.5 Å². The number of nitrogens with zero attached hydrogens (tertiary/aromatic N) is 2. The Kier molecular flexibility index (Phi) is 6.75. The van der Waals surface area contributed by atoms with E-state index in [-0.39, 0.29) is 18.3 Å². The lowest BCUT2D eigenvalue weighted by Gasteiger charge is -2.10. The number of amides is 1. The lowest BCUT2D eigenvalue weighted by molar-refractivity contribution is 0.102. The van der Waals surface area contributed by atoms with E-state index in [2.05, 4.69) is 10.4 Å². The van der Waals surface area contributed by atoms with Gasteiger partial charge in [-0.3, -0.25) is 9.48 Å². The zero-order valence-corrected chi connectivity index (χ0v) is 19.1. The van der Waals surface area contributed by atoms with Gasteiger partial charge >= 0.3 is 0 Å². The molecule has 4 aromatic rings. The number of aryl methyl sites for hydroxylation is 2. The Bertz CT molecular complexity index is 1260. The van der Waals surface area contributed by atoms with Crippen LogP contribution in [0.25, 0.3) is 0 Å². The van der Waals surface area contributed by atoms with Crippen molar-refractivity contribution in [3.8, 4) is 5.75 Å². The Morgan fingerprint density at radius 2 is 1.76 bits per heavy atom. The molecule has 0 aliphatic carbocycles. The van der Waals surface area contributed by atoms with Crippen LogP contribution in [0, 0.1) is 19.7 Å². The van der Waals surface area contributed by atoms with Crippen LogP contribution in [0.5, 0.6) is 5.75 Å². The van der Waals surface area contributed by atoms with Crippen LogP contribution in [-0.4, -0.2) is 15.7 Å². The van der Waals surface area contributed by atoms with Crippen molar-refractivity contribution in [3.63, 3.8) is 0 Å². The molecule has 1 amide bonds. The minimum atomic E-state index is -0.288. The van der Waals surface area contributed by atoms with E-state index >= 15 is 0 Å².